The molecule has 1 aliphatic rings. The molecule has 1 fully saturated rings. The zero-order chi connectivity index (χ0) is 22.1. The molecule has 5 rings (SSSR count). The van der Waals surface area contributed by atoms with Gasteiger partial charge >= 0.3 is 0 Å². The molecule has 1 aromatic carbocycles. The Morgan fingerprint density at radius 2 is 1.88 bits per heavy atom. The van der Waals surface area contributed by atoms with Crippen molar-refractivity contribution in [2.75, 3.05) is 18.4 Å². The number of carbonyl (C=O) groups excluding carboxylic acids is 1. The van der Waals surface area contributed by atoms with Crippen LogP contribution in [0.25, 0.3) is 16.9 Å². The average Bonchev–Trinajstić information content (AvgIpc) is 3.39. The standard InChI is InChI=1S/C24H27N7O/c1-17-20(15-26-29(17)2)22-10-11-25-23-14-21(28-31(22)23)24(32)27-19-8-6-18(7-9-19)16-30-12-4-3-5-13-30/h6-11,14-15H,3-5,12-13,16H2,1-2H3,(H,27,32). The molecule has 0 atom stereocenters. The van der Waals surface area contributed by atoms with Gasteiger partial charge in [-0.05, 0) is 56.6 Å². The number of hydrogen-bond acceptors (Lipinski definition) is 5. The van der Waals surface area contributed by atoms with Crippen LogP contribution in [0.3, 0.4) is 0 Å². The van der Waals surface area contributed by atoms with E-state index < -0.39 is 0 Å². The van der Waals surface area contributed by atoms with Crippen molar-refractivity contribution in [3.05, 3.63) is 65.7 Å². The fourth-order valence-electron chi connectivity index (χ4n) is 4.22. The molecule has 0 unspecified atom stereocenters. The minimum absolute atomic E-state index is 0.256. The number of piperidine rings is 1. The molecular weight excluding hydrogens is 402 g/mol. The smallest absolute Gasteiger partial charge is 0.276 e. The van der Waals surface area contributed by atoms with Crippen LogP contribution in [0.15, 0.2) is 48.8 Å². The quantitative estimate of drug-likeness (QED) is 0.524. The molecule has 8 nitrogen and oxygen atoms in total. The Labute approximate surface area is 186 Å². The highest BCUT2D eigenvalue weighted by Gasteiger charge is 2.17. The van der Waals surface area contributed by atoms with Gasteiger partial charge in [0.2, 0.25) is 0 Å². The van der Waals surface area contributed by atoms with Gasteiger partial charge in [0.25, 0.3) is 5.91 Å². The number of carbonyl (C=O) groups is 1. The summed E-state index contributed by atoms with van der Waals surface area (Å²) in [4.78, 5) is 19.7. The summed E-state index contributed by atoms with van der Waals surface area (Å²) in [5.41, 5.74) is 5.78. The minimum atomic E-state index is -0.256. The number of amides is 1. The normalized spacial score (nSPS) is 14.7. The Kier molecular flexibility index (Phi) is 5.45. The van der Waals surface area contributed by atoms with Crippen molar-refractivity contribution in [3.63, 3.8) is 0 Å². The molecule has 1 saturated heterocycles. The maximum absolute atomic E-state index is 12.9. The van der Waals surface area contributed by atoms with Gasteiger partial charge in [-0.25, -0.2) is 9.50 Å². The molecule has 0 spiro atoms. The lowest BCUT2D eigenvalue weighted by molar-refractivity contribution is 0.102. The van der Waals surface area contributed by atoms with Crippen LogP contribution < -0.4 is 5.32 Å². The molecule has 1 amide bonds. The van der Waals surface area contributed by atoms with Gasteiger partial charge in [0.15, 0.2) is 11.3 Å². The number of hydrogen-bond donors (Lipinski definition) is 1. The van der Waals surface area contributed by atoms with Crippen molar-refractivity contribution in [3.8, 4) is 11.3 Å². The van der Waals surface area contributed by atoms with Crippen LogP contribution in [0, 0.1) is 6.92 Å². The van der Waals surface area contributed by atoms with Gasteiger partial charge in [-0.15, -0.1) is 0 Å². The summed E-state index contributed by atoms with van der Waals surface area (Å²) < 4.78 is 3.51. The number of aryl methyl sites for hydroxylation is 1. The number of fused-ring (bicyclic) bond motifs is 1. The number of aromatic nitrogens is 5. The van der Waals surface area contributed by atoms with Crippen molar-refractivity contribution in [1.29, 1.82) is 0 Å². The Bertz CT molecular complexity index is 1250. The number of likely N-dealkylation sites (tertiary alicyclic amines) is 1. The highest BCUT2D eigenvalue weighted by Crippen LogP contribution is 2.23. The van der Waals surface area contributed by atoms with Gasteiger partial charge in [-0.2, -0.15) is 10.2 Å². The number of benzene rings is 1. The van der Waals surface area contributed by atoms with E-state index in [4.69, 9.17) is 0 Å². The van der Waals surface area contributed by atoms with Gasteiger partial charge in [0, 0.05) is 42.8 Å². The molecular formula is C24H27N7O. The first kappa shape index (κ1) is 20.4. The van der Waals surface area contributed by atoms with Gasteiger partial charge < -0.3 is 5.32 Å². The largest absolute Gasteiger partial charge is 0.321 e. The molecule has 164 valence electrons. The predicted octanol–water partition coefficient (Wildman–Crippen LogP) is 3.68. The lowest BCUT2D eigenvalue weighted by Gasteiger charge is -2.26. The molecule has 3 aromatic heterocycles. The number of anilines is 1. The fraction of sp³-hybridized carbons (Fsp3) is 0.333. The minimum Gasteiger partial charge on any atom is -0.321 e. The van der Waals surface area contributed by atoms with Crippen LogP contribution in [0.1, 0.15) is 41.0 Å². The van der Waals surface area contributed by atoms with E-state index in [1.54, 1.807) is 23.0 Å². The molecule has 0 saturated carbocycles. The van der Waals surface area contributed by atoms with Crippen LogP contribution in [0.4, 0.5) is 5.69 Å². The predicted molar refractivity (Wildman–Crippen MR) is 123 cm³/mol. The second kappa shape index (κ2) is 8.55. The fourth-order valence-corrected chi connectivity index (χ4v) is 4.22. The lowest BCUT2D eigenvalue weighted by Crippen LogP contribution is -2.29. The van der Waals surface area contributed by atoms with Gasteiger partial charge in [0.05, 0.1) is 11.9 Å². The molecule has 4 aromatic rings. The SMILES string of the molecule is Cc1c(-c2ccnc3cc(C(=O)Nc4ccc(CN5CCCCC5)cc4)nn23)cnn1C. The van der Waals surface area contributed by atoms with Crippen molar-refractivity contribution in [2.24, 2.45) is 7.05 Å². The van der Waals surface area contributed by atoms with Crippen molar-refractivity contribution in [1.82, 2.24) is 29.3 Å². The van der Waals surface area contributed by atoms with Crippen LogP contribution in [0.5, 0.6) is 0 Å². The lowest BCUT2D eigenvalue weighted by atomic mass is 10.1. The molecule has 0 bridgehead atoms. The monoisotopic (exact) mass is 429 g/mol. The summed E-state index contributed by atoms with van der Waals surface area (Å²) in [5.74, 6) is -0.256. The first-order valence-electron chi connectivity index (χ1n) is 11.0. The summed E-state index contributed by atoms with van der Waals surface area (Å²) in [6.45, 7) is 5.30. The highest BCUT2D eigenvalue weighted by atomic mass is 16.1. The van der Waals surface area contributed by atoms with Crippen molar-refractivity contribution < 1.29 is 4.79 Å². The zero-order valence-corrected chi connectivity index (χ0v) is 18.5. The number of nitrogens with one attached hydrogen (secondary N) is 1. The van der Waals surface area contributed by atoms with E-state index in [2.05, 4.69) is 37.5 Å². The third-order valence-corrected chi connectivity index (χ3v) is 6.17. The van der Waals surface area contributed by atoms with Crippen LogP contribution in [-0.2, 0) is 13.6 Å². The molecule has 4 heterocycles. The first-order chi connectivity index (χ1) is 15.6. The Morgan fingerprint density at radius 3 is 2.59 bits per heavy atom. The van der Waals surface area contributed by atoms with E-state index in [-0.39, 0.29) is 5.91 Å². The van der Waals surface area contributed by atoms with E-state index in [0.29, 0.717) is 11.3 Å². The number of nitrogens with zero attached hydrogens (tertiary/aromatic N) is 6. The Morgan fingerprint density at radius 1 is 1.09 bits per heavy atom. The second-order valence-corrected chi connectivity index (χ2v) is 8.38. The second-order valence-electron chi connectivity index (χ2n) is 8.38. The Balaban J connectivity index is 1.33. The number of rotatable bonds is 5. The highest BCUT2D eigenvalue weighted by molar-refractivity contribution is 6.03. The van der Waals surface area contributed by atoms with Crippen LogP contribution >= 0.6 is 0 Å². The van der Waals surface area contributed by atoms with Gasteiger partial charge in [-0.3, -0.25) is 14.4 Å². The molecule has 1 N–H and O–H groups in total. The van der Waals surface area contributed by atoms with Crippen molar-refractivity contribution >= 4 is 17.2 Å². The summed E-state index contributed by atoms with van der Waals surface area (Å²) in [7, 11) is 1.90. The summed E-state index contributed by atoms with van der Waals surface area (Å²) in [6.07, 6.45) is 7.43. The maximum Gasteiger partial charge on any atom is 0.276 e. The molecule has 8 heteroatoms. The summed E-state index contributed by atoms with van der Waals surface area (Å²) in [6, 6.07) is 11.7. The summed E-state index contributed by atoms with van der Waals surface area (Å²) in [5, 5.41) is 11.8. The summed E-state index contributed by atoms with van der Waals surface area (Å²) >= 11 is 0. The maximum atomic E-state index is 12.9. The third-order valence-electron chi connectivity index (χ3n) is 6.17. The average molecular weight is 430 g/mol. The molecule has 1 aliphatic heterocycles. The van der Waals surface area contributed by atoms with E-state index >= 15 is 0 Å². The first-order valence-corrected chi connectivity index (χ1v) is 11.0. The molecule has 32 heavy (non-hydrogen) atoms. The zero-order valence-electron chi connectivity index (χ0n) is 18.5. The third kappa shape index (κ3) is 4.01. The van der Waals surface area contributed by atoms with Gasteiger partial charge in [0.1, 0.15) is 0 Å². The van der Waals surface area contributed by atoms with Crippen molar-refractivity contribution in [2.45, 2.75) is 32.7 Å². The topological polar surface area (TPSA) is 80.3 Å². The van der Waals surface area contributed by atoms with Crippen LogP contribution in [0.2, 0.25) is 0 Å². The van der Waals surface area contributed by atoms with E-state index in [0.717, 1.165) is 29.2 Å². The molecule has 0 radical (unpaired) electrons. The van der Waals surface area contributed by atoms with E-state index in [1.165, 1.54) is 37.9 Å². The Hall–Kier alpha value is -3.52. The van der Waals surface area contributed by atoms with E-state index in [9.17, 15) is 4.79 Å². The van der Waals surface area contributed by atoms with Crippen LogP contribution in [-0.4, -0.2) is 48.3 Å². The van der Waals surface area contributed by atoms with E-state index in [1.807, 2.05) is 36.9 Å². The van der Waals surface area contributed by atoms with Gasteiger partial charge in [-0.1, -0.05) is 18.6 Å². The molecule has 0 aliphatic carbocycles.